The summed E-state index contributed by atoms with van der Waals surface area (Å²) in [7, 11) is -4.27. The first kappa shape index (κ1) is 27.1. The molecule has 1 fully saturated rings. The van der Waals surface area contributed by atoms with E-state index in [9.17, 15) is 31.2 Å². The highest BCUT2D eigenvalue weighted by Gasteiger charge is 2.41. The van der Waals surface area contributed by atoms with E-state index in [2.05, 4.69) is 10.1 Å². The van der Waals surface area contributed by atoms with Gasteiger partial charge in [0.25, 0.3) is 0 Å². The normalized spacial score (nSPS) is 17.0. The zero-order valence-corrected chi connectivity index (χ0v) is 21.8. The molecule has 198 valence electrons. The van der Waals surface area contributed by atoms with Crippen LogP contribution in [0.2, 0.25) is 0 Å². The Morgan fingerprint density at radius 2 is 1.81 bits per heavy atom. The minimum absolute atomic E-state index is 0.0721. The van der Waals surface area contributed by atoms with E-state index < -0.39 is 34.1 Å². The van der Waals surface area contributed by atoms with Crippen LogP contribution in [0.3, 0.4) is 0 Å². The Morgan fingerprint density at radius 1 is 1.08 bits per heavy atom. The first-order valence-electron chi connectivity index (χ1n) is 11.0. The number of nitrogens with zero attached hydrogens (tertiary/aromatic N) is 2. The molecular weight excluding hydrogens is 551 g/mol. The average Bonchev–Trinajstić information content (AvgIpc) is 3.53. The number of nitrogens with one attached hydrogen (secondary N) is 1. The molecule has 0 unspecified atom stereocenters. The van der Waals surface area contributed by atoms with Gasteiger partial charge in [0, 0.05) is 41.2 Å². The van der Waals surface area contributed by atoms with Crippen LogP contribution in [0.15, 0.2) is 58.8 Å². The van der Waals surface area contributed by atoms with Gasteiger partial charge in [0.05, 0.1) is 11.4 Å². The quantitative estimate of drug-likeness (QED) is 0.463. The van der Waals surface area contributed by atoms with Crippen LogP contribution in [0.5, 0.6) is 5.75 Å². The molecule has 1 atom stereocenters. The number of benzene rings is 1. The SMILES string of the molecule is CC(=O)N1CCN(S(=O)(=O)c2ccc(OC(F)(F)F)cc2)[C@@H](C(=O)NCc2ccc(-c3cccs3)s2)C1. The molecule has 2 aromatic heterocycles. The molecule has 8 nitrogen and oxygen atoms in total. The molecule has 0 radical (unpaired) electrons. The zero-order chi connectivity index (χ0) is 26.8. The predicted octanol–water partition coefficient (Wildman–Crippen LogP) is 3.91. The number of ether oxygens (including phenoxy) is 1. The second-order valence-corrected chi connectivity index (χ2v) is 12.1. The molecule has 14 heteroatoms. The lowest BCUT2D eigenvalue weighted by Crippen LogP contribution is -2.61. The summed E-state index contributed by atoms with van der Waals surface area (Å²) in [6.45, 7) is 1.27. The maximum atomic E-state index is 13.4. The lowest BCUT2D eigenvalue weighted by Gasteiger charge is -2.39. The monoisotopic (exact) mass is 573 g/mol. The van der Waals surface area contributed by atoms with Gasteiger partial charge in [0.2, 0.25) is 21.8 Å². The molecule has 2 amide bonds. The van der Waals surface area contributed by atoms with Crippen molar-refractivity contribution in [1.82, 2.24) is 14.5 Å². The molecule has 37 heavy (non-hydrogen) atoms. The van der Waals surface area contributed by atoms with Crippen LogP contribution in [0.1, 0.15) is 11.8 Å². The van der Waals surface area contributed by atoms with Gasteiger partial charge in [-0.05, 0) is 47.8 Å². The van der Waals surface area contributed by atoms with Crippen LogP contribution >= 0.6 is 22.7 Å². The second kappa shape index (κ2) is 10.8. The molecule has 4 rings (SSSR count). The maximum absolute atomic E-state index is 13.4. The van der Waals surface area contributed by atoms with Gasteiger partial charge >= 0.3 is 6.36 Å². The van der Waals surface area contributed by atoms with Gasteiger partial charge in [-0.25, -0.2) is 8.42 Å². The number of hydrogen-bond donors (Lipinski definition) is 1. The van der Waals surface area contributed by atoms with E-state index in [0.717, 1.165) is 43.2 Å². The van der Waals surface area contributed by atoms with Crippen LogP contribution in [0, 0.1) is 0 Å². The maximum Gasteiger partial charge on any atom is 0.573 e. The summed E-state index contributed by atoms with van der Waals surface area (Å²) in [5.41, 5.74) is 0. The van der Waals surface area contributed by atoms with Crippen LogP contribution in [0.25, 0.3) is 9.75 Å². The van der Waals surface area contributed by atoms with Crippen molar-refractivity contribution in [2.75, 3.05) is 19.6 Å². The Kier molecular flexibility index (Phi) is 7.92. The summed E-state index contributed by atoms with van der Waals surface area (Å²) >= 11 is 3.09. The minimum atomic E-state index is -4.92. The molecule has 1 aliphatic rings. The molecule has 0 saturated carbocycles. The molecule has 1 aliphatic heterocycles. The lowest BCUT2D eigenvalue weighted by atomic mass is 10.2. The Morgan fingerprint density at radius 3 is 2.43 bits per heavy atom. The fourth-order valence-corrected chi connectivity index (χ4v) is 7.17. The molecule has 3 aromatic rings. The molecule has 1 aromatic carbocycles. The summed E-state index contributed by atoms with van der Waals surface area (Å²) in [5, 5.41) is 4.73. The number of rotatable bonds is 7. The topological polar surface area (TPSA) is 96.0 Å². The van der Waals surface area contributed by atoms with Crippen molar-refractivity contribution in [3.05, 3.63) is 58.8 Å². The summed E-state index contributed by atoms with van der Waals surface area (Å²) in [4.78, 5) is 29.2. The molecule has 1 saturated heterocycles. The number of hydrogen-bond acceptors (Lipinski definition) is 7. The van der Waals surface area contributed by atoms with Gasteiger partial charge in [0.15, 0.2) is 0 Å². The largest absolute Gasteiger partial charge is 0.573 e. The smallest absolute Gasteiger partial charge is 0.406 e. The number of amides is 2. The number of carbonyl (C=O) groups excluding carboxylic acids is 2. The van der Waals surface area contributed by atoms with Crippen LogP contribution in [-0.2, 0) is 26.2 Å². The fourth-order valence-electron chi connectivity index (χ4n) is 3.82. The van der Waals surface area contributed by atoms with E-state index in [1.165, 1.54) is 23.2 Å². The molecule has 3 heterocycles. The van der Waals surface area contributed by atoms with Crippen molar-refractivity contribution in [2.24, 2.45) is 0 Å². The summed E-state index contributed by atoms with van der Waals surface area (Å²) in [6, 6.07) is 10.3. The van der Waals surface area contributed by atoms with Crippen molar-refractivity contribution in [3.63, 3.8) is 0 Å². The van der Waals surface area contributed by atoms with Gasteiger partial charge in [-0.15, -0.1) is 35.8 Å². The van der Waals surface area contributed by atoms with Crippen molar-refractivity contribution in [2.45, 2.75) is 30.8 Å². The first-order chi connectivity index (χ1) is 17.4. The van der Waals surface area contributed by atoms with E-state index in [0.29, 0.717) is 0 Å². The number of alkyl halides is 3. The zero-order valence-electron chi connectivity index (χ0n) is 19.4. The minimum Gasteiger partial charge on any atom is -0.406 e. The number of thiophene rings is 2. The number of sulfonamides is 1. The Balaban J connectivity index is 1.51. The molecule has 0 bridgehead atoms. The van der Waals surface area contributed by atoms with Crippen LogP contribution in [0.4, 0.5) is 13.2 Å². The predicted molar refractivity (Wildman–Crippen MR) is 133 cm³/mol. The van der Waals surface area contributed by atoms with E-state index >= 15 is 0 Å². The number of halogens is 3. The molecule has 0 aliphatic carbocycles. The highest BCUT2D eigenvalue weighted by atomic mass is 32.2. The molecule has 1 N–H and O–H groups in total. The standard InChI is InChI=1S/C23H22F3N3O5S3/c1-15(30)28-10-11-29(37(32,33)18-7-4-16(5-8-18)34-23(24,25)26)19(14-28)22(31)27-13-17-6-9-21(36-17)20-3-2-12-35-20/h2-9,12,19H,10-11,13-14H2,1H3,(H,27,31)/t19-/m1/s1. The van der Waals surface area contributed by atoms with Gasteiger partial charge in [-0.2, -0.15) is 4.31 Å². The van der Waals surface area contributed by atoms with Crippen molar-refractivity contribution >= 4 is 44.5 Å². The summed E-state index contributed by atoms with van der Waals surface area (Å²) < 4.78 is 68.9. The Hall–Kier alpha value is -2.94. The first-order valence-corrected chi connectivity index (χ1v) is 14.1. The van der Waals surface area contributed by atoms with E-state index in [1.54, 1.807) is 11.3 Å². The number of piperazine rings is 1. The van der Waals surface area contributed by atoms with Crippen molar-refractivity contribution in [3.8, 4) is 15.5 Å². The summed E-state index contributed by atoms with van der Waals surface area (Å²) in [5.74, 6) is -1.46. The average molecular weight is 574 g/mol. The lowest BCUT2D eigenvalue weighted by molar-refractivity contribution is -0.274. The van der Waals surface area contributed by atoms with Gasteiger partial charge in [0.1, 0.15) is 11.8 Å². The van der Waals surface area contributed by atoms with Gasteiger partial charge in [-0.1, -0.05) is 6.07 Å². The fraction of sp³-hybridized carbons (Fsp3) is 0.304. The molecule has 0 spiro atoms. The third kappa shape index (κ3) is 6.50. The van der Waals surface area contributed by atoms with Crippen LogP contribution < -0.4 is 10.1 Å². The van der Waals surface area contributed by atoms with E-state index in [1.807, 2.05) is 29.6 Å². The number of carbonyl (C=O) groups is 2. The van der Waals surface area contributed by atoms with Crippen LogP contribution in [-0.4, -0.2) is 61.5 Å². The van der Waals surface area contributed by atoms with Gasteiger partial charge < -0.3 is 15.0 Å². The van der Waals surface area contributed by atoms with Gasteiger partial charge in [-0.3, -0.25) is 9.59 Å². The van der Waals surface area contributed by atoms with Crippen molar-refractivity contribution in [1.29, 1.82) is 0 Å². The highest BCUT2D eigenvalue weighted by Crippen LogP contribution is 2.32. The Bertz CT molecular complexity index is 1360. The summed E-state index contributed by atoms with van der Waals surface area (Å²) in [6.07, 6.45) is -4.92. The third-order valence-electron chi connectivity index (χ3n) is 5.61. The van der Waals surface area contributed by atoms with E-state index in [-0.39, 0.29) is 37.0 Å². The second-order valence-electron chi connectivity index (χ2n) is 8.08. The molecular formula is C23H22F3N3O5S3. The van der Waals surface area contributed by atoms with Crippen molar-refractivity contribution < 1.29 is 35.9 Å². The third-order valence-corrected chi connectivity index (χ3v) is 9.68. The van der Waals surface area contributed by atoms with E-state index in [4.69, 9.17) is 0 Å². The highest BCUT2D eigenvalue weighted by molar-refractivity contribution is 7.89. The Labute approximate surface area is 219 Å².